The van der Waals surface area contributed by atoms with E-state index < -0.39 is 23.6 Å². The van der Waals surface area contributed by atoms with Crippen LogP contribution in [0.15, 0.2) is 12.3 Å². The average Bonchev–Trinajstić information content (AvgIpc) is 3.27. The molecule has 0 bridgehead atoms. The van der Waals surface area contributed by atoms with Crippen LogP contribution in [0.25, 0.3) is 10.9 Å². The second kappa shape index (κ2) is 6.43. The number of aromatic nitrogens is 2. The normalized spacial score (nSPS) is 27.5. The van der Waals surface area contributed by atoms with Crippen molar-refractivity contribution in [2.24, 2.45) is 0 Å². The number of hydrogen-bond donors (Lipinski definition) is 0. The molecule has 0 spiro atoms. The number of nitrogens with zero attached hydrogens (tertiary/aromatic N) is 2. The Hall–Kier alpha value is -1.15. The molecule has 0 amide bonds. The smallest absolute Gasteiger partial charge is 0.403 e. The third-order valence-electron chi connectivity index (χ3n) is 7.21. The monoisotopic (exact) mass is 420 g/mol. The van der Waals surface area contributed by atoms with Crippen molar-refractivity contribution in [1.82, 2.24) is 9.78 Å². The Morgan fingerprint density at radius 1 is 1.17 bits per heavy atom. The van der Waals surface area contributed by atoms with E-state index in [0.29, 0.717) is 22.7 Å². The number of ether oxygens (including phenoxy) is 1. The van der Waals surface area contributed by atoms with Gasteiger partial charge in [-0.3, -0.25) is 0 Å². The van der Waals surface area contributed by atoms with Crippen LogP contribution in [0.5, 0.6) is 0 Å². The zero-order valence-electron chi connectivity index (χ0n) is 17.4. The molecule has 1 aliphatic carbocycles. The number of hydrogen-bond acceptors (Lipinski definition) is 4. The summed E-state index contributed by atoms with van der Waals surface area (Å²) in [6.45, 7) is 8.75. The highest BCUT2D eigenvalue weighted by molar-refractivity contribution is 6.52. The van der Waals surface area contributed by atoms with Gasteiger partial charge in [0.1, 0.15) is 5.82 Å². The van der Waals surface area contributed by atoms with Crippen molar-refractivity contribution in [3.8, 4) is 0 Å². The van der Waals surface area contributed by atoms with Crippen LogP contribution in [0.1, 0.15) is 71.6 Å². The Labute approximate surface area is 176 Å². The summed E-state index contributed by atoms with van der Waals surface area (Å²) in [7, 11) is -0.520. The third-order valence-corrected chi connectivity index (χ3v) is 7.60. The van der Waals surface area contributed by atoms with Gasteiger partial charge in [-0.05, 0) is 59.8 Å². The first kappa shape index (κ1) is 19.8. The fourth-order valence-corrected chi connectivity index (χ4v) is 4.95. The van der Waals surface area contributed by atoms with Crippen LogP contribution in [0.4, 0.5) is 4.39 Å². The van der Waals surface area contributed by atoms with Crippen molar-refractivity contribution in [3.63, 3.8) is 0 Å². The molecule has 5 rings (SSSR count). The highest BCUT2D eigenvalue weighted by atomic mass is 35.5. The molecule has 1 saturated carbocycles. The first-order valence-electron chi connectivity index (χ1n) is 10.5. The summed E-state index contributed by atoms with van der Waals surface area (Å²) in [5, 5.41) is 5.10. The van der Waals surface area contributed by atoms with E-state index >= 15 is 4.39 Å². The van der Waals surface area contributed by atoms with E-state index in [1.54, 1.807) is 16.9 Å². The van der Waals surface area contributed by atoms with Crippen molar-refractivity contribution in [2.75, 3.05) is 6.61 Å². The zero-order chi connectivity index (χ0) is 20.6. The lowest BCUT2D eigenvalue weighted by molar-refractivity contribution is -0.0366. The van der Waals surface area contributed by atoms with E-state index in [1.165, 1.54) is 0 Å². The number of halogens is 2. The Morgan fingerprint density at radius 3 is 2.45 bits per heavy atom. The van der Waals surface area contributed by atoms with Gasteiger partial charge in [0.15, 0.2) is 6.23 Å². The molecule has 156 valence electrons. The van der Waals surface area contributed by atoms with Crippen molar-refractivity contribution < 1.29 is 18.4 Å². The second-order valence-corrected chi connectivity index (χ2v) is 10.0. The molecule has 0 radical (unpaired) electrons. The maximum absolute atomic E-state index is 15.5. The minimum Gasteiger partial charge on any atom is -0.403 e. The van der Waals surface area contributed by atoms with Crippen LogP contribution in [0, 0.1) is 5.82 Å². The molecule has 0 N–H and O–H groups in total. The van der Waals surface area contributed by atoms with E-state index in [4.69, 9.17) is 25.6 Å². The van der Waals surface area contributed by atoms with Gasteiger partial charge in [-0.15, -0.1) is 0 Å². The van der Waals surface area contributed by atoms with Crippen LogP contribution in [-0.2, 0) is 19.4 Å². The summed E-state index contributed by atoms with van der Waals surface area (Å²) >= 11 is 6.80. The maximum Gasteiger partial charge on any atom is 0.469 e. The fourth-order valence-electron chi connectivity index (χ4n) is 4.53. The Bertz CT molecular complexity index is 950. The molecule has 1 unspecified atom stereocenters. The Balaban J connectivity index is 1.56. The van der Waals surface area contributed by atoms with Gasteiger partial charge in [-0.1, -0.05) is 11.6 Å². The van der Waals surface area contributed by atoms with Gasteiger partial charge < -0.3 is 14.0 Å². The summed E-state index contributed by atoms with van der Waals surface area (Å²) in [6, 6.07) is 1.55. The largest absolute Gasteiger partial charge is 0.469 e. The highest BCUT2D eigenvalue weighted by Gasteiger charge is 2.66. The van der Waals surface area contributed by atoms with Gasteiger partial charge >= 0.3 is 7.12 Å². The lowest BCUT2D eigenvalue weighted by Gasteiger charge is -2.32. The predicted octanol–water partition coefficient (Wildman–Crippen LogP) is 5.19. The minimum atomic E-state index is -0.552. The zero-order valence-corrected chi connectivity index (χ0v) is 18.2. The molecular formula is C21H27BClFN2O3. The van der Waals surface area contributed by atoms with Gasteiger partial charge in [0, 0.05) is 28.9 Å². The van der Waals surface area contributed by atoms with Gasteiger partial charge in [-0.2, -0.15) is 5.10 Å². The molecule has 3 aliphatic rings. The Kier molecular flexibility index (Phi) is 4.39. The van der Waals surface area contributed by atoms with Crippen molar-refractivity contribution in [3.05, 3.63) is 28.7 Å². The molecule has 1 atom stereocenters. The number of benzene rings is 1. The first-order valence-corrected chi connectivity index (χ1v) is 10.9. The third kappa shape index (κ3) is 2.88. The van der Waals surface area contributed by atoms with E-state index in [-0.39, 0.29) is 12.0 Å². The van der Waals surface area contributed by atoms with Crippen LogP contribution in [0.2, 0.25) is 5.02 Å². The molecule has 5 nitrogen and oxygen atoms in total. The quantitative estimate of drug-likeness (QED) is 0.641. The lowest BCUT2D eigenvalue weighted by Crippen LogP contribution is -2.41. The van der Waals surface area contributed by atoms with Crippen LogP contribution < -0.4 is 0 Å². The highest BCUT2D eigenvalue weighted by Crippen LogP contribution is 2.58. The molecule has 3 heterocycles. The number of rotatable bonds is 3. The van der Waals surface area contributed by atoms with Crippen molar-refractivity contribution in [2.45, 2.75) is 82.5 Å². The van der Waals surface area contributed by atoms with Gasteiger partial charge in [0.25, 0.3) is 0 Å². The standard InChI is InChI=1S/C21H27BClFN2O3/c1-19(2)20(3,4)29-22(28-19)21(8-9-21)17-14(24)11-15-13(18(17)23)12-25-26(15)16-7-5-6-10-27-16/h11-12,16H,5-10H2,1-4H3. The topological polar surface area (TPSA) is 45.5 Å². The van der Waals surface area contributed by atoms with Gasteiger partial charge in [0.2, 0.25) is 0 Å². The molecule has 1 aromatic heterocycles. The van der Waals surface area contributed by atoms with E-state index in [2.05, 4.69) is 5.10 Å². The van der Waals surface area contributed by atoms with Crippen molar-refractivity contribution in [1.29, 1.82) is 0 Å². The molecule has 2 aliphatic heterocycles. The summed E-state index contributed by atoms with van der Waals surface area (Å²) in [4.78, 5) is 0. The predicted molar refractivity (Wildman–Crippen MR) is 111 cm³/mol. The fraction of sp³-hybridized carbons (Fsp3) is 0.667. The molecule has 2 aromatic rings. The van der Waals surface area contributed by atoms with Crippen LogP contribution in [0.3, 0.4) is 0 Å². The first-order chi connectivity index (χ1) is 13.7. The summed E-state index contributed by atoms with van der Waals surface area (Å²) in [5.74, 6) is -0.327. The molecule has 3 fully saturated rings. The number of fused-ring (bicyclic) bond motifs is 1. The second-order valence-electron chi connectivity index (χ2n) is 9.63. The summed E-state index contributed by atoms with van der Waals surface area (Å²) in [5.41, 5.74) is 0.231. The van der Waals surface area contributed by atoms with Gasteiger partial charge in [0.05, 0.1) is 27.9 Å². The molecule has 8 heteroatoms. The Morgan fingerprint density at radius 2 is 1.86 bits per heavy atom. The van der Waals surface area contributed by atoms with E-state index in [9.17, 15) is 0 Å². The van der Waals surface area contributed by atoms with Gasteiger partial charge in [-0.25, -0.2) is 9.07 Å². The van der Waals surface area contributed by atoms with Crippen LogP contribution >= 0.6 is 11.6 Å². The molecular weight excluding hydrogens is 394 g/mol. The SMILES string of the molecule is CC1(C)OB(C2(c3c(F)cc4c(cnn4C4CCCCO4)c3Cl)CC2)OC1(C)C. The molecule has 29 heavy (non-hydrogen) atoms. The maximum atomic E-state index is 15.5. The summed E-state index contributed by atoms with van der Waals surface area (Å²) in [6.07, 6.45) is 6.11. The lowest BCUT2D eigenvalue weighted by atomic mass is 9.64. The van der Waals surface area contributed by atoms with E-state index in [1.807, 2.05) is 27.7 Å². The molecule has 2 saturated heterocycles. The van der Waals surface area contributed by atoms with Crippen LogP contribution in [-0.4, -0.2) is 34.7 Å². The average molecular weight is 421 g/mol. The van der Waals surface area contributed by atoms with Crippen molar-refractivity contribution >= 4 is 29.6 Å². The summed E-state index contributed by atoms with van der Waals surface area (Å²) < 4.78 is 35.7. The van der Waals surface area contributed by atoms with E-state index in [0.717, 1.165) is 37.5 Å². The molecule has 1 aromatic carbocycles. The minimum absolute atomic E-state index is 0.166.